The minimum absolute atomic E-state index is 0.0707. The second-order valence-electron chi connectivity index (χ2n) is 4.19. The Hall–Kier alpha value is -1.83. The number of carbonyl (C=O) groups excluding carboxylic acids is 1. The molecule has 0 aliphatic heterocycles. The molecule has 0 aliphatic rings. The summed E-state index contributed by atoms with van der Waals surface area (Å²) in [5.41, 5.74) is 1.37. The number of methoxy groups -OCH3 is 1. The van der Waals surface area contributed by atoms with E-state index in [1.165, 1.54) is 0 Å². The lowest BCUT2D eigenvalue weighted by molar-refractivity contribution is 0.0929. The van der Waals surface area contributed by atoms with Gasteiger partial charge in [-0.1, -0.05) is 11.8 Å². The van der Waals surface area contributed by atoms with Gasteiger partial charge in [-0.25, -0.2) is 0 Å². The van der Waals surface area contributed by atoms with Crippen molar-refractivity contribution in [1.82, 2.24) is 5.32 Å². The van der Waals surface area contributed by atoms with Crippen LogP contribution in [0.3, 0.4) is 0 Å². The Labute approximate surface area is 113 Å². The molecule has 0 heterocycles. The Kier molecular flexibility index (Phi) is 6.65. The van der Waals surface area contributed by atoms with Crippen LogP contribution in [0.1, 0.15) is 29.3 Å². The lowest BCUT2D eigenvalue weighted by Crippen LogP contribution is -2.33. The fourth-order valence-electron chi connectivity index (χ4n) is 1.52. The van der Waals surface area contributed by atoms with Crippen LogP contribution in [0.4, 0.5) is 0 Å². The summed E-state index contributed by atoms with van der Waals surface area (Å²) in [6.45, 7) is 2.40. The third-order valence-corrected chi connectivity index (χ3v) is 2.59. The Morgan fingerprint density at radius 2 is 2.11 bits per heavy atom. The van der Waals surface area contributed by atoms with Crippen molar-refractivity contribution in [2.45, 2.75) is 19.4 Å². The smallest absolute Gasteiger partial charge is 0.251 e. The van der Waals surface area contributed by atoms with E-state index in [2.05, 4.69) is 17.2 Å². The molecule has 4 nitrogen and oxygen atoms in total. The Bertz CT molecular complexity index is 457. The van der Waals surface area contributed by atoms with Crippen molar-refractivity contribution in [2.24, 2.45) is 0 Å². The molecule has 0 fully saturated rings. The number of hydrogen-bond donors (Lipinski definition) is 2. The number of benzene rings is 1. The average molecular weight is 261 g/mol. The van der Waals surface area contributed by atoms with Gasteiger partial charge in [0.1, 0.15) is 6.61 Å². The summed E-state index contributed by atoms with van der Waals surface area (Å²) in [4.78, 5) is 11.9. The molecule has 0 saturated carbocycles. The van der Waals surface area contributed by atoms with Gasteiger partial charge in [0.05, 0.1) is 0 Å². The molecule has 0 radical (unpaired) electrons. The van der Waals surface area contributed by atoms with Gasteiger partial charge in [0.15, 0.2) is 0 Å². The van der Waals surface area contributed by atoms with Gasteiger partial charge in [0, 0.05) is 30.9 Å². The second kappa shape index (κ2) is 8.30. The van der Waals surface area contributed by atoms with Gasteiger partial charge in [0.25, 0.3) is 5.91 Å². The number of aliphatic hydroxyl groups is 1. The highest BCUT2D eigenvalue weighted by Gasteiger charge is 2.09. The van der Waals surface area contributed by atoms with Crippen LogP contribution in [0, 0.1) is 11.8 Å². The van der Waals surface area contributed by atoms with Crippen molar-refractivity contribution in [1.29, 1.82) is 0 Å². The predicted molar refractivity (Wildman–Crippen MR) is 73.8 cm³/mol. The molecule has 1 aromatic rings. The fraction of sp³-hybridized carbons (Fsp3) is 0.400. The van der Waals surface area contributed by atoms with Crippen LogP contribution in [0.15, 0.2) is 24.3 Å². The summed E-state index contributed by atoms with van der Waals surface area (Å²) in [5, 5.41) is 11.5. The SMILES string of the molecule is COCCC(C)NC(=O)c1ccc(C#CCO)cc1. The maximum absolute atomic E-state index is 11.9. The minimum Gasteiger partial charge on any atom is -0.385 e. The zero-order chi connectivity index (χ0) is 14.1. The van der Waals surface area contributed by atoms with E-state index in [9.17, 15) is 4.79 Å². The monoisotopic (exact) mass is 261 g/mol. The molecule has 0 saturated heterocycles. The fourth-order valence-corrected chi connectivity index (χ4v) is 1.52. The summed E-state index contributed by atoms with van der Waals surface area (Å²) in [7, 11) is 1.64. The van der Waals surface area contributed by atoms with Gasteiger partial charge >= 0.3 is 0 Å². The van der Waals surface area contributed by atoms with E-state index in [1.54, 1.807) is 31.4 Å². The van der Waals surface area contributed by atoms with Gasteiger partial charge < -0.3 is 15.2 Å². The number of ether oxygens (including phenoxy) is 1. The maximum atomic E-state index is 11.9. The molecule has 102 valence electrons. The van der Waals surface area contributed by atoms with Crippen molar-refractivity contribution in [3.63, 3.8) is 0 Å². The van der Waals surface area contributed by atoms with Crippen LogP contribution in [-0.4, -0.2) is 37.4 Å². The van der Waals surface area contributed by atoms with Crippen molar-refractivity contribution in [3.8, 4) is 11.8 Å². The number of nitrogens with one attached hydrogen (secondary N) is 1. The number of carbonyl (C=O) groups is 1. The minimum atomic E-state index is -0.167. The van der Waals surface area contributed by atoms with Gasteiger partial charge in [0.2, 0.25) is 0 Å². The molecular weight excluding hydrogens is 242 g/mol. The van der Waals surface area contributed by atoms with Gasteiger partial charge in [-0.05, 0) is 37.6 Å². The van der Waals surface area contributed by atoms with Crippen LogP contribution in [0.2, 0.25) is 0 Å². The van der Waals surface area contributed by atoms with Crippen molar-refractivity contribution >= 4 is 5.91 Å². The molecule has 19 heavy (non-hydrogen) atoms. The Balaban J connectivity index is 2.57. The number of amides is 1. The normalized spacial score (nSPS) is 11.3. The summed E-state index contributed by atoms with van der Waals surface area (Å²) >= 11 is 0. The second-order valence-corrected chi connectivity index (χ2v) is 4.19. The van der Waals surface area contributed by atoms with Crippen LogP contribution in [-0.2, 0) is 4.74 Å². The first-order valence-corrected chi connectivity index (χ1v) is 6.17. The first kappa shape index (κ1) is 15.2. The number of aliphatic hydroxyl groups excluding tert-OH is 1. The van der Waals surface area contributed by atoms with Crippen LogP contribution >= 0.6 is 0 Å². The molecule has 4 heteroatoms. The molecular formula is C15H19NO3. The molecule has 1 unspecified atom stereocenters. The number of hydrogen-bond acceptors (Lipinski definition) is 3. The first-order valence-electron chi connectivity index (χ1n) is 6.17. The van der Waals surface area contributed by atoms with Crippen molar-refractivity contribution in [3.05, 3.63) is 35.4 Å². The summed E-state index contributed by atoms with van der Waals surface area (Å²) in [6.07, 6.45) is 0.780. The summed E-state index contributed by atoms with van der Waals surface area (Å²) < 4.78 is 4.97. The summed E-state index contributed by atoms with van der Waals surface area (Å²) in [5.74, 6) is 5.23. The van der Waals surface area contributed by atoms with Gasteiger partial charge in [-0.15, -0.1) is 0 Å². The summed E-state index contributed by atoms with van der Waals surface area (Å²) in [6, 6.07) is 7.04. The molecule has 0 aromatic heterocycles. The molecule has 0 bridgehead atoms. The van der Waals surface area contributed by atoms with E-state index in [4.69, 9.17) is 9.84 Å². The lowest BCUT2D eigenvalue weighted by atomic mass is 10.1. The van der Waals surface area contributed by atoms with Crippen LogP contribution in [0.5, 0.6) is 0 Å². The van der Waals surface area contributed by atoms with Crippen molar-refractivity contribution < 1.29 is 14.6 Å². The highest BCUT2D eigenvalue weighted by Crippen LogP contribution is 2.04. The zero-order valence-corrected chi connectivity index (χ0v) is 11.3. The Morgan fingerprint density at radius 1 is 1.42 bits per heavy atom. The third kappa shape index (κ3) is 5.56. The molecule has 1 rings (SSSR count). The van der Waals surface area contributed by atoms with Crippen LogP contribution in [0.25, 0.3) is 0 Å². The van der Waals surface area contributed by atoms with Gasteiger partial charge in [-0.3, -0.25) is 4.79 Å². The first-order chi connectivity index (χ1) is 9.17. The molecule has 1 atom stereocenters. The van der Waals surface area contributed by atoms with Gasteiger partial charge in [-0.2, -0.15) is 0 Å². The predicted octanol–water partition coefficient (Wildman–Crippen LogP) is 1.19. The van der Waals surface area contributed by atoms with E-state index >= 15 is 0 Å². The maximum Gasteiger partial charge on any atom is 0.251 e. The van der Waals surface area contributed by atoms with Crippen molar-refractivity contribution in [2.75, 3.05) is 20.3 Å². The standard InChI is InChI=1S/C15H19NO3/c1-12(9-11-19-2)16-15(18)14-7-5-13(6-8-14)4-3-10-17/h5-8,12,17H,9-11H2,1-2H3,(H,16,18). The quantitative estimate of drug-likeness (QED) is 0.783. The highest BCUT2D eigenvalue weighted by atomic mass is 16.5. The molecule has 0 aliphatic carbocycles. The topological polar surface area (TPSA) is 58.6 Å². The third-order valence-electron chi connectivity index (χ3n) is 2.59. The van der Waals surface area contributed by atoms with E-state index in [1.807, 2.05) is 6.92 Å². The Morgan fingerprint density at radius 3 is 2.68 bits per heavy atom. The molecule has 0 spiro atoms. The van der Waals surface area contributed by atoms with E-state index in [0.29, 0.717) is 12.2 Å². The zero-order valence-electron chi connectivity index (χ0n) is 11.3. The van der Waals surface area contributed by atoms with Crippen LogP contribution < -0.4 is 5.32 Å². The molecule has 1 amide bonds. The van der Waals surface area contributed by atoms with E-state index in [0.717, 1.165) is 12.0 Å². The number of rotatable bonds is 5. The highest BCUT2D eigenvalue weighted by molar-refractivity contribution is 5.94. The van der Waals surface area contributed by atoms with E-state index < -0.39 is 0 Å². The van der Waals surface area contributed by atoms with E-state index in [-0.39, 0.29) is 18.6 Å². The molecule has 1 aromatic carbocycles. The lowest BCUT2D eigenvalue weighted by Gasteiger charge is -2.13. The molecule has 2 N–H and O–H groups in total. The largest absolute Gasteiger partial charge is 0.385 e. The average Bonchev–Trinajstić information content (AvgIpc) is 2.43.